The zero-order valence-electron chi connectivity index (χ0n) is 15.0. The third-order valence-electron chi connectivity index (χ3n) is 3.39. The number of hydrogen-bond donors (Lipinski definition) is 1. The highest BCUT2D eigenvalue weighted by molar-refractivity contribution is 7.17. The van der Waals surface area contributed by atoms with Gasteiger partial charge in [0.05, 0.1) is 12.3 Å². The van der Waals surface area contributed by atoms with Gasteiger partial charge < -0.3 is 9.47 Å². The Morgan fingerprint density at radius 3 is 2.46 bits per heavy atom. The van der Waals surface area contributed by atoms with Crippen molar-refractivity contribution in [3.05, 3.63) is 39.9 Å². The van der Waals surface area contributed by atoms with E-state index in [9.17, 15) is 9.59 Å². The molecule has 0 fully saturated rings. The fraction of sp³-hybridized carbons (Fsp3) is 0.389. The van der Waals surface area contributed by atoms with Crippen molar-refractivity contribution in [2.45, 2.75) is 39.7 Å². The second-order valence-corrected chi connectivity index (χ2v) is 7.25. The van der Waals surface area contributed by atoms with Gasteiger partial charge in [0.1, 0.15) is 10.6 Å². The van der Waals surface area contributed by atoms with Gasteiger partial charge in [0.2, 0.25) is 0 Å². The number of nitrogens with one attached hydrogen (secondary N) is 1. The van der Waals surface area contributed by atoms with E-state index in [-0.39, 0.29) is 18.4 Å². The van der Waals surface area contributed by atoms with Crippen molar-refractivity contribution in [3.63, 3.8) is 0 Å². The largest absolute Gasteiger partial charge is 0.481 e. The molecule has 2 aromatic rings. The van der Waals surface area contributed by atoms with Crippen LogP contribution in [0.25, 0.3) is 0 Å². The zero-order chi connectivity index (χ0) is 19.3. The van der Waals surface area contributed by atoms with E-state index in [1.165, 1.54) is 0 Å². The van der Waals surface area contributed by atoms with E-state index < -0.39 is 12.1 Å². The summed E-state index contributed by atoms with van der Waals surface area (Å²) in [6.45, 7) is 7.51. The summed E-state index contributed by atoms with van der Waals surface area (Å²) in [6, 6.07) is 6.74. The Labute approximate surface area is 161 Å². The number of halogens is 1. The molecule has 0 spiro atoms. The first kappa shape index (κ1) is 20.2. The predicted molar refractivity (Wildman–Crippen MR) is 102 cm³/mol. The molecule has 1 atom stereocenters. The summed E-state index contributed by atoms with van der Waals surface area (Å²) in [5, 5.41) is 3.62. The van der Waals surface area contributed by atoms with Crippen LogP contribution >= 0.6 is 22.9 Å². The van der Waals surface area contributed by atoms with Crippen LogP contribution < -0.4 is 10.1 Å². The highest BCUT2D eigenvalue weighted by atomic mass is 35.5. The predicted octanol–water partition coefficient (Wildman–Crippen LogP) is 4.50. The Bertz CT molecular complexity index is 774. The van der Waals surface area contributed by atoms with Crippen LogP contribution in [0.4, 0.5) is 5.13 Å². The maximum atomic E-state index is 12.4. The number of esters is 1. The number of anilines is 1. The van der Waals surface area contributed by atoms with Gasteiger partial charge in [-0.15, -0.1) is 0 Å². The van der Waals surface area contributed by atoms with Crippen LogP contribution in [0.15, 0.2) is 24.3 Å². The summed E-state index contributed by atoms with van der Waals surface area (Å²) in [5.74, 6) is -0.232. The molecule has 1 N–H and O–H groups in total. The molecule has 0 saturated carbocycles. The lowest BCUT2D eigenvalue weighted by molar-refractivity contribution is -0.122. The van der Waals surface area contributed by atoms with Gasteiger partial charge in [-0.3, -0.25) is 10.1 Å². The molecule has 0 aliphatic heterocycles. The molecule has 0 bridgehead atoms. The second kappa shape index (κ2) is 9.00. The minimum Gasteiger partial charge on any atom is -0.481 e. The molecule has 6 nitrogen and oxygen atoms in total. The molecule has 0 radical (unpaired) electrons. The standard InChI is InChI=1S/C18H21ClN2O4S/c1-5-24-17(23)15-14(10(2)3)20-18(26-15)21-16(22)11(4)25-13-8-6-12(19)7-9-13/h6-11H,5H2,1-4H3,(H,20,21,22). The Kier molecular flexibility index (Phi) is 6.99. The lowest BCUT2D eigenvalue weighted by atomic mass is 10.1. The Hall–Kier alpha value is -2.12. The van der Waals surface area contributed by atoms with Gasteiger partial charge in [0, 0.05) is 5.02 Å². The molecular formula is C18H21ClN2O4S. The van der Waals surface area contributed by atoms with Crippen molar-refractivity contribution in [1.82, 2.24) is 4.98 Å². The molecule has 1 amide bonds. The second-order valence-electron chi connectivity index (χ2n) is 5.81. The molecule has 0 saturated heterocycles. The van der Waals surface area contributed by atoms with E-state index in [1.807, 2.05) is 13.8 Å². The fourth-order valence-corrected chi connectivity index (χ4v) is 3.24. The van der Waals surface area contributed by atoms with Crippen molar-refractivity contribution in [3.8, 4) is 5.75 Å². The first-order chi connectivity index (χ1) is 12.3. The van der Waals surface area contributed by atoms with Crippen molar-refractivity contribution in [1.29, 1.82) is 0 Å². The van der Waals surface area contributed by atoms with Gasteiger partial charge in [0.25, 0.3) is 5.91 Å². The number of rotatable bonds is 7. The number of hydrogen-bond acceptors (Lipinski definition) is 6. The molecule has 140 valence electrons. The van der Waals surface area contributed by atoms with Crippen molar-refractivity contribution >= 4 is 39.9 Å². The summed E-state index contributed by atoms with van der Waals surface area (Å²) in [4.78, 5) is 29.2. The minimum absolute atomic E-state index is 0.0269. The highest BCUT2D eigenvalue weighted by Gasteiger charge is 2.23. The van der Waals surface area contributed by atoms with E-state index in [0.717, 1.165) is 11.3 Å². The summed E-state index contributed by atoms with van der Waals surface area (Å²) in [7, 11) is 0. The quantitative estimate of drug-likeness (QED) is 0.697. The fourth-order valence-electron chi connectivity index (χ4n) is 2.10. The van der Waals surface area contributed by atoms with E-state index in [0.29, 0.717) is 26.5 Å². The maximum absolute atomic E-state index is 12.4. The average molecular weight is 397 g/mol. The van der Waals surface area contributed by atoms with Crippen LogP contribution in [-0.4, -0.2) is 29.6 Å². The van der Waals surface area contributed by atoms with Gasteiger partial charge in [-0.2, -0.15) is 0 Å². The first-order valence-electron chi connectivity index (χ1n) is 8.22. The maximum Gasteiger partial charge on any atom is 0.350 e. The van der Waals surface area contributed by atoms with Crippen LogP contribution in [0.1, 0.15) is 49.0 Å². The molecule has 1 unspecified atom stereocenters. The molecule has 8 heteroatoms. The molecule has 1 aromatic carbocycles. The van der Waals surface area contributed by atoms with E-state index in [1.54, 1.807) is 38.1 Å². The molecule has 1 aromatic heterocycles. The van der Waals surface area contributed by atoms with Crippen LogP contribution in [-0.2, 0) is 9.53 Å². The van der Waals surface area contributed by atoms with Gasteiger partial charge in [-0.25, -0.2) is 9.78 Å². The number of benzene rings is 1. The first-order valence-corrected chi connectivity index (χ1v) is 9.42. The SMILES string of the molecule is CCOC(=O)c1sc(NC(=O)C(C)Oc2ccc(Cl)cc2)nc1C(C)C. The summed E-state index contributed by atoms with van der Waals surface area (Å²) in [6.07, 6.45) is -0.742. The third-order valence-corrected chi connectivity index (χ3v) is 4.61. The normalized spacial score (nSPS) is 11.9. The number of carbonyl (C=O) groups excluding carboxylic acids is 2. The lowest BCUT2D eigenvalue weighted by Crippen LogP contribution is -2.30. The Morgan fingerprint density at radius 1 is 1.23 bits per heavy atom. The number of aromatic nitrogens is 1. The molecule has 1 heterocycles. The van der Waals surface area contributed by atoms with Crippen LogP contribution in [0, 0.1) is 0 Å². The number of thiazole rings is 1. The topological polar surface area (TPSA) is 77.5 Å². The Morgan fingerprint density at radius 2 is 1.88 bits per heavy atom. The number of amides is 1. The Balaban J connectivity index is 2.09. The van der Waals surface area contributed by atoms with E-state index in [2.05, 4.69) is 10.3 Å². The molecular weight excluding hydrogens is 376 g/mol. The monoisotopic (exact) mass is 396 g/mol. The van der Waals surface area contributed by atoms with Crippen molar-refractivity contribution in [2.24, 2.45) is 0 Å². The minimum atomic E-state index is -0.742. The van der Waals surface area contributed by atoms with Crippen LogP contribution in [0.3, 0.4) is 0 Å². The highest BCUT2D eigenvalue weighted by Crippen LogP contribution is 2.29. The van der Waals surface area contributed by atoms with Gasteiger partial charge in [-0.1, -0.05) is 36.8 Å². The molecule has 26 heavy (non-hydrogen) atoms. The third kappa shape index (κ3) is 5.19. The van der Waals surface area contributed by atoms with E-state index in [4.69, 9.17) is 21.1 Å². The van der Waals surface area contributed by atoms with Crippen LogP contribution in [0.2, 0.25) is 5.02 Å². The molecule has 2 rings (SSSR count). The van der Waals surface area contributed by atoms with Gasteiger partial charge >= 0.3 is 5.97 Å². The van der Waals surface area contributed by atoms with Gasteiger partial charge in [-0.05, 0) is 44.0 Å². The summed E-state index contributed by atoms with van der Waals surface area (Å²) < 4.78 is 10.6. The van der Waals surface area contributed by atoms with Crippen LogP contribution in [0.5, 0.6) is 5.75 Å². The summed E-state index contributed by atoms with van der Waals surface area (Å²) >= 11 is 6.93. The molecule has 0 aliphatic rings. The lowest BCUT2D eigenvalue weighted by Gasteiger charge is -2.13. The van der Waals surface area contributed by atoms with E-state index >= 15 is 0 Å². The smallest absolute Gasteiger partial charge is 0.350 e. The molecule has 0 aliphatic carbocycles. The number of carbonyl (C=O) groups is 2. The van der Waals surface area contributed by atoms with Crippen molar-refractivity contribution in [2.75, 3.05) is 11.9 Å². The zero-order valence-corrected chi connectivity index (χ0v) is 16.6. The van der Waals surface area contributed by atoms with Crippen molar-refractivity contribution < 1.29 is 19.1 Å². The number of nitrogens with zero attached hydrogens (tertiary/aromatic N) is 1. The summed E-state index contributed by atoms with van der Waals surface area (Å²) in [5.41, 5.74) is 0.607. The number of ether oxygens (including phenoxy) is 2. The average Bonchev–Trinajstić information content (AvgIpc) is 3.01. The van der Waals surface area contributed by atoms with Gasteiger partial charge in [0.15, 0.2) is 11.2 Å².